The van der Waals surface area contributed by atoms with Crippen LogP contribution in [0.2, 0.25) is 0 Å². The summed E-state index contributed by atoms with van der Waals surface area (Å²) in [7, 11) is 0. The van der Waals surface area contributed by atoms with Gasteiger partial charge in [0.05, 0.1) is 13.1 Å². The van der Waals surface area contributed by atoms with Crippen LogP contribution in [-0.4, -0.2) is 55.3 Å². The molecule has 3 aliphatic rings. The van der Waals surface area contributed by atoms with Crippen LogP contribution in [0.25, 0.3) is 0 Å². The van der Waals surface area contributed by atoms with E-state index in [0.29, 0.717) is 19.7 Å². The molecule has 6 heteroatoms. The smallest absolute Gasteiger partial charge is 0.353 e. The van der Waals surface area contributed by atoms with Gasteiger partial charge in [-0.15, -0.1) is 0 Å². The van der Waals surface area contributed by atoms with E-state index in [-0.39, 0.29) is 29.1 Å². The van der Waals surface area contributed by atoms with Crippen LogP contribution in [0.4, 0.5) is 4.39 Å². The number of fused-ring (bicyclic) bond motifs is 3. The van der Waals surface area contributed by atoms with Gasteiger partial charge in [0.2, 0.25) is 0 Å². The third-order valence-corrected chi connectivity index (χ3v) is 6.80. The molecule has 0 N–H and O–H groups in total. The lowest BCUT2D eigenvalue weighted by Gasteiger charge is -2.52. The van der Waals surface area contributed by atoms with Crippen molar-refractivity contribution in [2.75, 3.05) is 32.8 Å². The lowest BCUT2D eigenvalue weighted by Crippen LogP contribution is -2.65. The molecule has 2 bridgehead atoms. The van der Waals surface area contributed by atoms with Gasteiger partial charge in [-0.2, -0.15) is 0 Å². The van der Waals surface area contributed by atoms with E-state index in [1.54, 1.807) is 60.7 Å². The molecule has 31 heavy (non-hydrogen) atoms. The molecule has 3 aliphatic heterocycles. The summed E-state index contributed by atoms with van der Waals surface area (Å²) in [6.07, 6.45) is 1.51. The minimum atomic E-state index is -2.36. The van der Waals surface area contributed by atoms with E-state index in [0.717, 1.165) is 30.4 Å². The maximum atomic E-state index is 16.5. The van der Waals surface area contributed by atoms with Crippen LogP contribution < -0.4 is 0 Å². The fourth-order valence-corrected chi connectivity index (χ4v) is 5.01. The maximum Gasteiger partial charge on any atom is 0.353 e. The Balaban J connectivity index is 1.55. The number of nitrogens with zero attached hydrogens (tertiary/aromatic N) is 1. The second-order valence-electron chi connectivity index (χ2n) is 8.71. The number of esters is 2. The number of rotatable bonds is 7. The lowest BCUT2D eigenvalue weighted by molar-refractivity contribution is -0.946. The molecule has 1 atom stereocenters. The Labute approximate surface area is 182 Å². The van der Waals surface area contributed by atoms with Crippen molar-refractivity contribution < 1.29 is 27.9 Å². The first-order valence-electron chi connectivity index (χ1n) is 10.9. The quantitative estimate of drug-likeness (QED) is 0.501. The van der Waals surface area contributed by atoms with Gasteiger partial charge in [-0.1, -0.05) is 60.7 Å². The number of halogens is 1. The van der Waals surface area contributed by atoms with Gasteiger partial charge in [0.25, 0.3) is 5.67 Å². The normalized spacial score (nSPS) is 25.1. The summed E-state index contributed by atoms with van der Waals surface area (Å²) in [5, 5.41) is 0. The second kappa shape index (κ2) is 8.79. The van der Waals surface area contributed by atoms with Crippen molar-refractivity contribution in [2.45, 2.75) is 31.5 Å². The van der Waals surface area contributed by atoms with Crippen molar-refractivity contribution in [2.24, 2.45) is 5.92 Å². The Morgan fingerprint density at radius 1 is 1.00 bits per heavy atom. The number of carbonyl (C=O) groups is 2. The molecule has 0 spiro atoms. The average molecular weight is 427 g/mol. The summed E-state index contributed by atoms with van der Waals surface area (Å²) in [6.45, 7) is 5.02. The Kier molecular flexibility index (Phi) is 6.10. The molecule has 5 rings (SSSR count). The number of hydrogen-bond acceptors (Lipinski definition) is 4. The van der Waals surface area contributed by atoms with E-state index in [9.17, 15) is 9.59 Å². The molecule has 3 heterocycles. The third-order valence-electron chi connectivity index (χ3n) is 6.80. The van der Waals surface area contributed by atoms with E-state index in [2.05, 4.69) is 0 Å². The topological polar surface area (TPSA) is 52.6 Å². The van der Waals surface area contributed by atoms with Crippen LogP contribution in [0, 0.1) is 5.92 Å². The van der Waals surface area contributed by atoms with Crippen LogP contribution in [0.15, 0.2) is 60.7 Å². The summed E-state index contributed by atoms with van der Waals surface area (Å²) in [4.78, 5) is 24.5. The Bertz CT molecular complexity index is 870. The fraction of sp³-hybridized carbons (Fsp3) is 0.440. The monoisotopic (exact) mass is 426 g/mol. The predicted molar refractivity (Wildman–Crippen MR) is 114 cm³/mol. The first-order chi connectivity index (χ1) is 14.9. The number of carbonyl (C=O) groups excluding carboxylic acids is 2. The molecule has 0 saturated carbocycles. The molecule has 3 fully saturated rings. The van der Waals surface area contributed by atoms with Crippen LogP contribution in [0.5, 0.6) is 0 Å². The number of quaternary nitrogens is 1. The summed E-state index contributed by atoms with van der Waals surface area (Å²) in [5.41, 5.74) is -1.82. The highest BCUT2D eigenvalue weighted by Crippen LogP contribution is 2.39. The fourth-order valence-electron chi connectivity index (χ4n) is 5.01. The second-order valence-corrected chi connectivity index (χ2v) is 8.71. The van der Waals surface area contributed by atoms with E-state index in [4.69, 9.17) is 9.47 Å². The van der Waals surface area contributed by atoms with Crippen molar-refractivity contribution in [3.8, 4) is 0 Å². The summed E-state index contributed by atoms with van der Waals surface area (Å²) < 4.78 is 28.3. The maximum absolute atomic E-state index is 16.5. The molecule has 0 unspecified atom stereocenters. The van der Waals surface area contributed by atoms with Crippen LogP contribution in [-0.2, 0) is 24.7 Å². The number of piperidine rings is 3. The molecule has 3 saturated heterocycles. The summed E-state index contributed by atoms with van der Waals surface area (Å²) in [5.74, 6) is -0.906. The summed E-state index contributed by atoms with van der Waals surface area (Å²) in [6, 6.07) is 17.0. The predicted octanol–water partition coefficient (Wildman–Crippen LogP) is 3.62. The highest BCUT2D eigenvalue weighted by atomic mass is 19.1. The van der Waals surface area contributed by atoms with E-state index < -0.39 is 11.6 Å². The molecule has 2 aromatic carbocycles. The first-order valence-corrected chi connectivity index (χ1v) is 10.9. The molecule has 2 aromatic rings. The Morgan fingerprint density at radius 3 is 2.06 bits per heavy atom. The van der Waals surface area contributed by atoms with Crippen molar-refractivity contribution in [3.05, 3.63) is 71.8 Å². The average Bonchev–Trinajstić information content (AvgIpc) is 2.80. The van der Waals surface area contributed by atoms with Gasteiger partial charge >= 0.3 is 11.9 Å². The van der Waals surface area contributed by atoms with Gasteiger partial charge in [0.15, 0.2) is 6.10 Å². The highest BCUT2D eigenvalue weighted by Gasteiger charge is 2.51. The molecular formula is C25H29FNO4+. The third kappa shape index (κ3) is 4.35. The minimum Gasteiger partial charge on any atom is -0.460 e. The van der Waals surface area contributed by atoms with Crippen LogP contribution >= 0.6 is 0 Å². The van der Waals surface area contributed by atoms with Gasteiger partial charge in [0, 0.05) is 36.8 Å². The van der Waals surface area contributed by atoms with Crippen LogP contribution in [0.1, 0.15) is 30.9 Å². The molecule has 0 radical (unpaired) electrons. The molecule has 0 aromatic heterocycles. The van der Waals surface area contributed by atoms with Gasteiger partial charge < -0.3 is 14.0 Å². The van der Waals surface area contributed by atoms with Crippen molar-refractivity contribution >= 4 is 11.9 Å². The lowest BCUT2D eigenvalue weighted by atomic mass is 9.82. The van der Waals surface area contributed by atoms with Gasteiger partial charge in [-0.05, 0) is 0 Å². The van der Waals surface area contributed by atoms with Gasteiger partial charge in [-0.3, -0.25) is 4.79 Å². The van der Waals surface area contributed by atoms with E-state index >= 15 is 4.39 Å². The number of hydrogen-bond donors (Lipinski definition) is 0. The van der Waals surface area contributed by atoms with Gasteiger partial charge in [-0.25, -0.2) is 9.18 Å². The van der Waals surface area contributed by atoms with E-state index in [1.807, 2.05) is 0 Å². The van der Waals surface area contributed by atoms with Crippen molar-refractivity contribution in [1.29, 1.82) is 0 Å². The SMILES string of the molecule is CC(=O)OCC[N+]12CCC(CC1)[C@@H](OC(=O)C(F)(c1ccccc1)c1ccccc1)C2. The number of benzene rings is 2. The zero-order chi connectivity index (χ0) is 21.9. The van der Waals surface area contributed by atoms with Gasteiger partial charge in [0.1, 0.15) is 19.7 Å². The molecule has 164 valence electrons. The summed E-state index contributed by atoms with van der Waals surface area (Å²) >= 11 is 0. The number of alkyl halides is 1. The Hall–Kier alpha value is -2.73. The molecule has 0 amide bonds. The zero-order valence-electron chi connectivity index (χ0n) is 17.8. The van der Waals surface area contributed by atoms with Crippen LogP contribution in [0.3, 0.4) is 0 Å². The van der Waals surface area contributed by atoms with Crippen molar-refractivity contribution in [3.63, 3.8) is 0 Å². The standard InChI is InChI=1S/C25H29FNO4/c1-19(28)30-17-16-27-14-12-20(13-15-27)23(18-27)31-24(29)25(26,21-8-4-2-5-9-21)22-10-6-3-7-11-22/h2-11,20,23H,12-18H2,1H3/q+1/t20?,23-,27?/m0/s1. The zero-order valence-corrected chi connectivity index (χ0v) is 17.8. The largest absolute Gasteiger partial charge is 0.460 e. The Morgan fingerprint density at radius 2 is 1.55 bits per heavy atom. The van der Waals surface area contributed by atoms with E-state index in [1.165, 1.54) is 6.92 Å². The van der Waals surface area contributed by atoms with Crippen molar-refractivity contribution in [1.82, 2.24) is 0 Å². The molecule has 0 aliphatic carbocycles. The molecule has 5 nitrogen and oxygen atoms in total. The highest BCUT2D eigenvalue weighted by molar-refractivity contribution is 5.85. The first kappa shape index (κ1) is 21.5. The molecular weight excluding hydrogens is 397 g/mol. The minimum absolute atomic E-state index is 0.244. The number of ether oxygens (including phenoxy) is 2.